The van der Waals surface area contributed by atoms with E-state index in [4.69, 9.17) is 14.6 Å². The molecule has 2 aliphatic rings. The maximum Gasteiger partial charge on any atom is 0.163 e. The summed E-state index contributed by atoms with van der Waals surface area (Å²) in [5.41, 5.74) is 2.13. The smallest absolute Gasteiger partial charge is 0.163 e. The Hall–Kier alpha value is -2.75. The second kappa shape index (κ2) is 8.31. The lowest BCUT2D eigenvalue weighted by atomic mass is 9.91. The van der Waals surface area contributed by atoms with Gasteiger partial charge in [0.15, 0.2) is 5.65 Å². The molecule has 5 rings (SSSR count). The minimum Gasteiger partial charge on any atom is -0.496 e. The first-order chi connectivity index (χ1) is 15.5. The molecule has 1 aliphatic heterocycles. The molecule has 1 spiro atoms. The van der Waals surface area contributed by atoms with Gasteiger partial charge in [-0.1, -0.05) is 6.42 Å². The maximum absolute atomic E-state index is 13.8. The van der Waals surface area contributed by atoms with E-state index in [9.17, 15) is 4.39 Å². The molecule has 1 aromatic carbocycles. The molecule has 2 atom stereocenters. The number of hydrogen-bond acceptors (Lipinski definition) is 7. The largest absolute Gasteiger partial charge is 0.496 e. The molecule has 2 unspecified atom stereocenters. The lowest BCUT2D eigenvalue weighted by molar-refractivity contribution is -0.202. The monoisotopic (exact) mass is 440 g/mol. The molecule has 32 heavy (non-hydrogen) atoms. The zero-order valence-electron chi connectivity index (χ0n) is 18.6. The Balaban J connectivity index is 1.41. The van der Waals surface area contributed by atoms with Crippen molar-refractivity contribution in [2.45, 2.75) is 57.0 Å². The molecule has 1 saturated heterocycles. The average molecular weight is 441 g/mol. The van der Waals surface area contributed by atoms with Crippen molar-refractivity contribution in [1.82, 2.24) is 25.0 Å². The second-order valence-corrected chi connectivity index (χ2v) is 8.67. The Morgan fingerprint density at radius 3 is 2.88 bits per heavy atom. The Morgan fingerprint density at radius 2 is 2.09 bits per heavy atom. The first kappa shape index (κ1) is 21.1. The summed E-state index contributed by atoms with van der Waals surface area (Å²) in [5.74, 6) is 0.999. The number of aromatic nitrogens is 3. The van der Waals surface area contributed by atoms with Gasteiger partial charge in [-0.2, -0.15) is 10.2 Å². The van der Waals surface area contributed by atoms with Crippen molar-refractivity contribution in [3.8, 4) is 5.75 Å². The van der Waals surface area contributed by atoms with Gasteiger partial charge in [-0.25, -0.2) is 13.9 Å². The van der Waals surface area contributed by atoms with E-state index in [0.717, 1.165) is 42.5 Å². The molecule has 2 fully saturated rings. The van der Waals surface area contributed by atoms with Gasteiger partial charge in [0.1, 0.15) is 29.3 Å². The van der Waals surface area contributed by atoms with E-state index in [1.807, 2.05) is 37.5 Å². The molecule has 3 heterocycles. The number of methoxy groups -OCH3 is 1. The van der Waals surface area contributed by atoms with Crippen LogP contribution in [0, 0.1) is 5.82 Å². The molecular formula is C23H29FN6O2. The number of fused-ring (bicyclic) bond motifs is 1. The molecule has 0 amide bonds. The Morgan fingerprint density at radius 1 is 1.28 bits per heavy atom. The van der Waals surface area contributed by atoms with Gasteiger partial charge >= 0.3 is 0 Å². The topological polar surface area (TPSA) is 76.0 Å². The van der Waals surface area contributed by atoms with Crippen LogP contribution in [0.2, 0.25) is 0 Å². The third kappa shape index (κ3) is 3.80. The van der Waals surface area contributed by atoms with Crippen molar-refractivity contribution in [2.75, 3.05) is 19.5 Å². The first-order valence-electron chi connectivity index (χ1n) is 11.1. The molecular weight excluding hydrogens is 411 g/mol. The van der Waals surface area contributed by atoms with Crippen LogP contribution in [0.25, 0.3) is 5.65 Å². The normalized spacial score (nSPS) is 21.8. The van der Waals surface area contributed by atoms with Gasteiger partial charge in [-0.05, 0) is 56.9 Å². The van der Waals surface area contributed by atoms with E-state index in [0.29, 0.717) is 11.6 Å². The molecule has 8 nitrogen and oxygen atoms in total. The van der Waals surface area contributed by atoms with E-state index in [1.165, 1.54) is 18.6 Å². The molecule has 1 aliphatic carbocycles. The van der Waals surface area contributed by atoms with E-state index in [-0.39, 0.29) is 23.7 Å². The van der Waals surface area contributed by atoms with Crippen LogP contribution in [0.1, 0.15) is 62.4 Å². The molecule has 0 bridgehead atoms. The van der Waals surface area contributed by atoms with Crippen molar-refractivity contribution in [2.24, 2.45) is 0 Å². The predicted molar refractivity (Wildman–Crippen MR) is 119 cm³/mol. The molecule has 0 radical (unpaired) electrons. The number of benzene rings is 1. The standard InChI is InChI=1S/C23H29FN6O2/c1-15(17-13-16(24)7-8-19(17)31-3)26-20-9-12-30-21(27-20)18(14-25-30)22-28-23(32-29(22)2)10-5-4-6-11-23/h7-9,12-15,22,28H,4-6,10-11H2,1-3H3,(H,26,27). The number of halogens is 1. The molecule has 2 N–H and O–H groups in total. The third-order valence-electron chi connectivity index (χ3n) is 6.46. The number of hydroxylamine groups is 2. The molecule has 1 saturated carbocycles. The van der Waals surface area contributed by atoms with Gasteiger partial charge < -0.3 is 10.1 Å². The molecule has 9 heteroatoms. The van der Waals surface area contributed by atoms with Crippen LogP contribution in [0.3, 0.4) is 0 Å². The van der Waals surface area contributed by atoms with Gasteiger partial charge in [0, 0.05) is 18.8 Å². The summed E-state index contributed by atoms with van der Waals surface area (Å²) in [6, 6.07) is 6.17. The Bertz CT molecular complexity index is 1110. The summed E-state index contributed by atoms with van der Waals surface area (Å²) in [4.78, 5) is 11.1. The highest BCUT2D eigenvalue weighted by molar-refractivity contribution is 5.54. The fourth-order valence-electron chi connectivity index (χ4n) is 4.83. The third-order valence-corrected chi connectivity index (χ3v) is 6.46. The van der Waals surface area contributed by atoms with Crippen molar-refractivity contribution >= 4 is 11.5 Å². The number of nitrogens with one attached hydrogen (secondary N) is 2. The SMILES string of the molecule is COc1ccc(F)cc1C(C)Nc1ccn2ncc(C3NC4(CCCCC4)ON3C)c2n1. The van der Waals surface area contributed by atoms with Gasteiger partial charge in [-0.15, -0.1) is 0 Å². The lowest BCUT2D eigenvalue weighted by Crippen LogP contribution is -2.43. The maximum atomic E-state index is 13.8. The zero-order valence-corrected chi connectivity index (χ0v) is 18.6. The Labute approximate surface area is 186 Å². The van der Waals surface area contributed by atoms with Gasteiger partial charge in [0.05, 0.1) is 24.9 Å². The van der Waals surface area contributed by atoms with E-state index in [2.05, 4.69) is 15.7 Å². The van der Waals surface area contributed by atoms with Gasteiger partial charge in [-0.3, -0.25) is 10.2 Å². The van der Waals surface area contributed by atoms with Crippen molar-refractivity contribution in [3.63, 3.8) is 0 Å². The van der Waals surface area contributed by atoms with Crippen LogP contribution in [-0.4, -0.2) is 39.5 Å². The van der Waals surface area contributed by atoms with Gasteiger partial charge in [0.25, 0.3) is 0 Å². The average Bonchev–Trinajstić information content (AvgIpc) is 3.34. The zero-order chi connectivity index (χ0) is 22.3. The summed E-state index contributed by atoms with van der Waals surface area (Å²) in [7, 11) is 3.53. The summed E-state index contributed by atoms with van der Waals surface area (Å²) < 4.78 is 21.0. The highest BCUT2D eigenvalue weighted by Crippen LogP contribution is 2.39. The summed E-state index contributed by atoms with van der Waals surface area (Å²) in [6.07, 6.45) is 9.16. The fourth-order valence-corrected chi connectivity index (χ4v) is 4.83. The fraction of sp³-hybridized carbons (Fsp3) is 0.478. The van der Waals surface area contributed by atoms with Crippen LogP contribution in [0.15, 0.2) is 36.7 Å². The highest BCUT2D eigenvalue weighted by atomic mass is 19.1. The summed E-state index contributed by atoms with van der Waals surface area (Å²) in [5, 5.41) is 13.4. The van der Waals surface area contributed by atoms with Crippen LogP contribution in [-0.2, 0) is 4.84 Å². The molecule has 3 aromatic rings. The number of rotatable bonds is 5. The second-order valence-electron chi connectivity index (χ2n) is 8.67. The molecule has 2 aromatic heterocycles. The first-order valence-corrected chi connectivity index (χ1v) is 11.1. The summed E-state index contributed by atoms with van der Waals surface area (Å²) >= 11 is 0. The number of nitrogens with zero attached hydrogens (tertiary/aromatic N) is 4. The van der Waals surface area contributed by atoms with E-state index < -0.39 is 0 Å². The van der Waals surface area contributed by atoms with E-state index in [1.54, 1.807) is 17.7 Å². The highest BCUT2D eigenvalue weighted by Gasteiger charge is 2.45. The minimum atomic E-state index is -0.303. The Kier molecular flexibility index (Phi) is 5.48. The molecule has 170 valence electrons. The van der Waals surface area contributed by atoms with Crippen LogP contribution in [0.4, 0.5) is 10.2 Å². The van der Waals surface area contributed by atoms with Crippen molar-refractivity contribution in [3.05, 3.63) is 53.6 Å². The van der Waals surface area contributed by atoms with E-state index >= 15 is 0 Å². The van der Waals surface area contributed by atoms with Crippen molar-refractivity contribution < 1.29 is 14.0 Å². The number of anilines is 1. The minimum absolute atomic E-state index is 0.130. The summed E-state index contributed by atoms with van der Waals surface area (Å²) in [6.45, 7) is 1.95. The number of hydrogen-bond donors (Lipinski definition) is 2. The van der Waals surface area contributed by atoms with Crippen LogP contribution < -0.4 is 15.4 Å². The van der Waals surface area contributed by atoms with Crippen LogP contribution in [0.5, 0.6) is 5.75 Å². The quantitative estimate of drug-likeness (QED) is 0.617. The number of ether oxygens (including phenoxy) is 1. The van der Waals surface area contributed by atoms with Crippen LogP contribution >= 0.6 is 0 Å². The lowest BCUT2D eigenvalue weighted by Gasteiger charge is -2.31. The van der Waals surface area contributed by atoms with Crippen molar-refractivity contribution in [1.29, 1.82) is 0 Å². The predicted octanol–water partition coefficient (Wildman–Crippen LogP) is 4.18. The van der Waals surface area contributed by atoms with Gasteiger partial charge in [0.2, 0.25) is 0 Å².